The van der Waals surface area contributed by atoms with Gasteiger partial charge >= 0.3 is 0 Å². The number of aryl methyl sites for hydroxylation is 1. The second kappa shape index (κ2) is 9.70. The van der Waals surface area contributed by atoms with Gasteiger partial charge in [0, 0.05) is 55.7 Å². The Bertz CT molecular complexity index is 1100. The molecular weight excluding hydrogens is 441 g/mol. The predicted octanol–water partition coefficient (Wildman–Crippen LogP) is 4.07. The van der Waals surface area contributed by atoms with Gasteiger partial charge < -0.3 is 19.7 Å². The summed E-state index contributed by atoms with van der Waals surface area (Å²) in [6.45, 7) is 5.44. The molecule has 0 bridgehead atoms. The first-order chi connectivity index (χ1) is 16.1. The van der Waals surface area contributed by atoms with Crippen LogP contribution in [-0.2, 0) is 4.74 Å². The van der Waals surface area contributed by atoms with E-state index >= 15 is 0 Å². The summed E-state index contributed by atoms with van der Waals surface area (Å²) in [7, 11) is 1.58. The molecule has 2 aromatic heterocycles. The molecular formula is C24H28FN5O2S. The highest BCUT2D eigenvalue weighted by atomic mass is 32.1. The molecule has 4 heterocycles. The van der Waals surface area contributed by atoms with Gasteiger partial charge in [-0.1, -0.05) is 0 Å². The fraction of sp³-hybridized carbons (Fsp3) is 0.458. The fourth-order valence-electron chi connectivity index (χ4n) is 4.54. The van der Waals surface area contributed by atoms with Crippen molar-refractivity contribution < 1.29 is 13.9 Å². The first-order valence-electron chi connectivity index (χ1n) is 11.3. The number of halogens is 1. The summed E-state index contributed by atoms with van der Waals surface area (Å²) in [5.41, 5.74) is 1.64. The minimum Gasteiger partial charge on any atom is -0.496 e. The molecule has 1 N–H and O–H groups in total. The van der Waals surface area contributed by atoms with Crippen molar-refractivity contribution in [2.75, 3.05) is 38.3 Å². The molecule has 1 atom stereocenters. The zero-order valence-corrected chi connectivity index (χ0v) is 19.7. The van der Waals surface area contributed by atoms with Gasteiger partial charge in [0.25, 0.3) is 0 Å². The summed E-state index contributed by atoms with van der Waals surface area (Å²) < 4.78 is 26.0. The highest BCUT2D eigenvalue weighted by molar-refractivity contribution is 7.15. The maximum absolute atomic E-state index is 15.0. The van der Waals surface area contributed by atoms with E-state index in [1.165, 1.54) is 17.4 Å². The van der Waals surface area contributed by atoms with Crippen LogP contribution in [0.15, 0.2) is 30.5 Å². The summed E-state index contributed by atoms with van der Waals surface area (Å²) in [4.78, 5) is 7.25. The number of anilines is 1. The third-order valence-corrected chi connectivity index (χ3v) is 7.25. The third-order valence-electron chi connectivity index (χ3n) is 6.31. The summed E-state index contributed by atoms with van der Waals surface area (Å²) in [6.07, 6.45) is 4.92. The van der Waals surface area contributed by atoms with Gasteiger partial charge in [0.15, 0.2) is 5.82 Å². The predicted molar refractivity (Wildman–Crippen MR) is 127 cm³/mol. The first kappa shape index (κ1) is 22.2. The molecule has 2 aliphatic rings. The van der Waals surface area contributed by atoms with Gasteiger partial charge in [-0.2, -0.15) is 0 Å². The monoisotopic (exact) mass is 469 g/mol. The molecule has 2 fully saturated rings. The molecule has 0 radical (unpaired) electrons. The molecule has 1 aromatic carbocycles. The first-order valence-corrected chi connectivity index (χ1v) is 12.2. The molecule has 0 aliphatic carbocycles. The number of aromatic nitrogens is 3. The maximum atomic E-state index is 15.0. The van der Waals surface area contributed by atoms with E-state index in [0.717, 1.165) is 61.3 Å². The summed E-state index contributed by atoms with van der Waals surface area (Å²) >= 11 is 1.45. The third kappa shape index (κ3) is 4.85. The molecule has 33 heavy (non-hydrogen) atoms. The minimum absolute atomic E-state index is 0.332. The number of thiazole rings is 1. The van der Waals surface area contributed by atoms with Crippen molar-refractivity contribution in [1.29, 1.82) is 0 Å². The standard InChI is InChI=1S/C24H28FN5O2S/c1-15-26-13-23(33-15)18-12-22(31-2)19(11-20(18)25)21-3-4-24(29-28-21)30-8-5-17(14-30)27-16-6-9-32-10-7-16/h3-4,11-13,16-17,27H,5-10,14H2,1-2H3. The molecule has 2 saturated heterocycles. The average molecular weight is 470 g/mol. The highest BCUT2D eigenvalue weighted by Crippen LogP contribution is 2.37. The Hall–Kier alpha value is -2.62. The minimum atomic E-state index is -0.332. The van der Waals surface area contributed by atoms with Crippen LogP contribution in [0.25, 0.3) is 21.7 Å². The number of nitrogens with zero attached hydrogens (tertiary/aromatic N) is 4. The topological polar surface area (TPSA) is 72.4 Å². The van der Waals surface area contributed by atoms with E-state index in [0.29, 0.717) is 34.7 Å². The zero-order chi connectivity index (χ0) is 22.8. The Morgan fingerprint density at radius 2 is 1.97 bits per heavy atom. The van der Waals surface area contributed by atoms with Gasteiger partial charge in [0.2, 0.25) is 0 Å². The smallest absolute Gasteiger partial charge is 0.151 e. The number of nitrogens with one attached hydrogen (secondary N) is 1. The SMILES string of the molecule is COc1cc(-c2cnc(C)s2)c(F)cc1-c1ccc(N2CCC(NC3CCOCC3)C2)nn1. The quantitative estimate of drug-likeness (QED) is 0.583. The van der Waals surface area contributed by atoms with E-state index < -0.39 is 0 Å². The van der Waals surface area contributed by atoms with Crippen molar-refractivity contribution in [1.82, 2.24) is 20.5 Å². The lowest BCUT2D eigenvalue weighted by molar-refractivity contribution is 0.0755. The lowest BCUT2D eigenvalue weighted by Gasteiger charge is -2.26. The summed E-state index contributed by atoms with van der Waals surface area (Å²) in [5, 5.41) is 13.5. The van der Waals surface area contributed by atoms with Gasteiger partial charge in [0.1, 0.15) is 11.6 Å². The van der Waals surface area contributed by atoms with Crippen LogP contribution in [0.5, 0.6) is 5.75 Å². The largest absolute Gasteiger partial charge is 0.496 e. The van der Waals surface area contributed by atoms with Crippen molar-refractivity contribution in [3.05, 3.63) is 41.3 Å². The van der Waals surface area contributed by atoms with Gasteiger partial charge in [-0.3, -0.25) is 0 Å². The fourth-order valence-corrected chi connectivity index (χ4v) is 5.33. The Morgan fingerprint density at radius 1 is 1.12 bits per heavy atom. The van der Waals surface area contributed by atoms with Crippen LogP contribution < -0.4 is 15.0 Å². The zero-order valence-electron chi connectivity index (χ0n) is 18.9. The molecule has 0 amide bonds. The Balaban J connectivity index is 1.31. The number of benzene rings is 1. The number of hydrogen-bond donors (Lipinski definition) is 1. The van der Waals surface area contributed by atoms with Gasteiger partial charge in [0.05, 0.1) is 22.7 Å². The molecule has 0 spiro atoms. The van der Waals surface area contributed by atoms with E-state index in [-0.39, 0.29) is 5.82 Å². The van der Waals surface area contributed by atoms with Crippen LogP contribution in [0.3, 0.4) is 0 Å². The Kier molecular flexibility index (Phi) is 6.52. The number of ether oxygens (including phenoxy) is 2. The molecule has 7 nitrogen and oxygen atoms in total. The van der Waals surface area contributed by atoms with Crippen molar-refractivity contribution in [3.8, 4) is 27.4 Å². The second-order valence-corrected chi connectivity index (χ2v) is 9.77. The summed E-state index contributed by atoms with van der Waals surface area (Å²) in [6, 6.07) is 8.01. The van der Waals surface area contributed by atoms with E-state index in [1.807, 2.05) is 19.1 Å². The molecule has 9 heteroatoms. The van der Waals surface area contributed by atoms with Gasteiger partial charge in [-0.25, -0.2) is 9.37 Å². The number of hydrogen-bond acceptors (Lipinski definition) is 8. The van der Waals surface area contributed by atoms with E-state index in [9.17, 15) is 4.39 Å². The lowest BCUT2D eigenvalue weighted by atomic mass is 10.1. The lowest BCUT2D eigenvalue weighted by Crippen LogP contribution is -2.43. The molecule has 2 aliphatic heterocycles. The van der Waals surface area contributed by atoms with Crippen LogP contribution in [0, 0.1) is 12.7 Å². The normalized spacial score (nSPS) is 19.2. The molecule has 0 saturated carbocycles. The van der Waals surface area contributed by atoms with Crippen LogP contribution in [0.2, 0.25) is 0 Å². The number of methoxy groups -OCH3 is 1. The van der Waals surface area contributed by atoms with E-state index in [4.69, 9.17) is 9.47 Å². The maximum Gasteiger partial charge on any atom is 0.151 e. The molecule has 1 unspecified atom stereocenters. The number of rotatable bonds is 6. The van der Waals surface area contributed by atoms with Gasteiger partial charge in [-0.05, 0) is 50.5 Å². The van der Waals surface area contributed by atoms with Crippen molar-refractivity contribution in [3.63, 3.8) is 0 Å². The molecule has 3 aromatic rings. The van der Waals surface area contributed by atoms with Crippen LogP contribution in [0.1, 0.15) is 24.3 Å². The van der Waals surface area contributed by atoms with Crippen molar-refractivity contribution >= 4 is 17.2 Å². The Morgan fingerprint density at radius 3 is 2.67 bits per heavy atom. The van der Waals surface area contributed by atoms with E-state index in [1.54, 1.807) is 19.4 Å². The van der Waals surface area contributed by atoms with Crippen molar-refractivity contribution in [2.24, 2.45) is 0 Å². The Labute approximate surface area is 197 Å². The van der Waals surface area contributed by atoms with Crippen molar-refractivity contribution in [2.45, 2.75) is 38.3 Å². The van der Waals surface area contributed by atoms with Gasteiger partial charge in [-0.15, -0.1) is 21.5 Å². The molecule has 174 valence electrons. The van der Waals surface area contributed by atoms with Crippen LogP contribution >= 0.6 is 11.3 Å². The van der Waals surface area contributed by atoms with Crippen LogP contribution in [0.4, 0.5) is 10.2 Å². The second-order valence-electron chi connectivity index (χ2n) is 8.54. The van der Waals surface area contributed by atoms with E-state index in [2.05, 4.69) is 25.4 Å². The summed E-state index contributed by atoms with van der Waals surface area (Å²) in [5.74, 6) is 1.06. The average Bonchev–Trinajstić information content (AvgIpc) is 3.49. The van der Waals surface area contributed by atoms with Crippen LogP contribution in [-0.4, -0.2) is 60.7 Å². The molecule has 5 rings (SSSR count). The highest BCUT2D eigenvalue weighted by Gasteiger charge is 2.27.